The Bertz CT molecular complexity index is 690. The van der Waals surface area contributed by atoms with Crippen LogP contribution in [0.5, 0.6) is 0 Å². The van der Waals surface area contributed by atoms with Crippen LogP contribution in [0.1, 0.15) is 75.7 Å². The standard InChI is InChI=1S/C23H28F3N/c24-21(15-27)3-1-2-16-4-6-17(7-5-16)18-8-10-19(11-9-18)20-12-13-22(25)23(26)14-20/h3,12-14,16-19H,1-2,4-11H2/b21-3-/t16?,17?,18-,19-. The normalized spacial score (nSPS) is 29.3. The first kappa shape index (κ1) is 20.0. The monoisotopic (exact) mass is 375 g/mol. The van der Waals surface area contributed by atoms with E-state index in [4.69, 9.17) is 5.26 Å². The molecule has 2 saturated carbocycles. The average Bonchev–Trinajstić information content (AvgIpc) is 2.70. The molecule has 2 aliphatic carbocycles. The Labute approximate surface area is 160 Å². The highest BCUT2D eigenvalue weighted by atomic mass is 19.2. The third kappa shape index (κ3) is 5.37. The lowest BCUT2D eigenvalue weighted by Gasteiger charge is -2.38. The number of hydrogen-bond donors (Lipinski definition) is 0. The largest absolute Gasteiger partial charge is 0.204 e. The summed E-state index contributed by atoms with van der Waals surface area (Å²) in [7, 11) is 0. The molecule has 0 unspecified atom stereocenters. The molecule has 1 aromatic carbocycles. The molecule has 0 bridgehead atoms. The van der Waals surface area contributed by atoms with Crippen molar-refractivity contribution in [3.05, 3.63) is 47.3 Å². The molecule has 0 atom stereocenters. The van der Waals surface area contributed by atoms with Crippen LogP contribution in [-0.2, 0) is 0 Å². The quantitative estimate of drug-likeness (QED) is 0.499. The van der Waals surface area contributed by atoms with Crippen LogP contribution in [0.15, 0.2) is 30.1 Å². The zero-order chi connectivity index (χ0) is 19.2. The summed E-state index contributed by atoms with van der Waals surface area (Å²) in [6.07, 6.45) is 12.4. The van der Waals surface area contributed by atoms with Gasteiger partial charge < -0.3 is 0 Å². The van der Waals surface area contributed by atoms with Crippen molar-refractivity contribution >= 4 is 0 Å². The summed E-state index contributed by atoms with van der Waals surface area (Å²) in [6, 6.07) is 5.88. The van der Waals surface area contributed by atoms with E-state index in [0.29, 0.717) is 18.3 Å². The van der Waals surface area contributed by atoms with E-state index in [-0.39, 0.29) is 0 Å². The third-order valence-electron chi connectivity index (χ3n) is 6.75. The summed E-state index contributed by atoms with van der Waals surface area (Å²) in [4.78, 5) is 0. The van der Waals surface area contributed by atoms with Crippen molar-refractivity contribution in [3.63, 3.8) is 0 Å². The van der Waals surface area contributed by atoms with Crippen LogP contribution in [0.4, 0.5) is 13.2 Å². The molecule has 3 rings (SSSR count). The van der Waals surface area contributed by atoms with Gasteiger partial charge in [-0.1, -0.05) is 18.9 Å². The molecule has 2 fully saturated rings. The van der Waals surface area contributed by atoms with Crippen LogP contribution in [-0.4, -0.2) is 0 Å². The molecule has 0 amide bonds. The van der Waals surface area contributed by atoms with Gasteiger partial charge in [-0.3, -0.25) is 0 Å². The second-order valence-electron chi connectivity index (χ2n) is 8.31. The molecule has 1 nitrogen and oxygen atoms in total. The minimum Gasteiger partial charge on any atom is -0.204 e. The highest BCUT2D eigenvalue weighted by Crippen LogP contribution is 2.44. The fourth-order valence-corrected chi connectivity index (χ4v) is 5.13. The van der Waals surface area contributed by atoms with Crippen LogP contribution < -0.4 is 0 Å². The smallest absolute Gasteiger partial charge is 0.196 e. The lowest BCUT2D eigenvalue weighted by atomic mass is 9.68. The van der Waals surface area contributed by atoms with E-state index in [9.17, 15) is 13.2 Å². The number of nitrogens with zero attached hydrogens (tertiary/aromatic N) is 1. The van der Waals surface area contributed by atoms with Gasteiger partial charge >= 0.3 is 0 Å². The van der Waals surface area contributed by atoms with Gasteiger partial charge in [-0.2, -0.15) is 9.65 Å². The Balaban J connectivity index is 1.42. The number of allylic oxidation sites excluding steroid dienone is 2. The van der Waals surface area contributed by atoms with Gasteiger partial charge in [0, 0.05) is 0 Å². The van der Waals surface area contributed by atoms with Crippen LogP contribution in [0.2, 0.25) is 0 Å². The number of hydrogen-bond acceptors (Lipinski definition) is 1. The SMILES string of the molecule is N#C/C(F)=C/CCC1CCC([C@H]2CC[C@H](c3ccc(F)c(F)c3)CC2)CC1. The lowest BCUT2D eigenvalue weighted by molar-refractivity contribution is 0.157. The van der Waals surface area contributed by atoms with E-state index in [1.807, 2.05) is 0 Å². The van der Waals surface area contributed by atoms with Crippen molar-refractivity contribution in [1.29, 1.82) is 5.26 Å². The Morgan fingerprint density at radius 3 is 2.19 bits per heavy atom. The molecule has 0 heterocycles. The first-order valence-corrected chi connectivity index (χ1v) is 10.3. The molecule has 27 heavy (non-hydrogen) atoms. The zero-order valence-electron chi connectivity index (χ0n) is 15.8. The summed E-state index contributed by atoms with van der Waals surface area (Å²) in [6.45, 7) is 0. The molecule has 0 aliphatic heterocycles. The molecule has 0 spiro atoms. The Kier molecular flexibility index (Phi) is 6.99. The van der Waals surface area contributed by atoms with E-state index in [1.54, 1.807) is 6.07 Å². The third-order valence-corrected chi connectivity index (χ3v) is 6.75. The van der Waals surface area contributed by atoms with Gasteiger partial charge in [0.25, 0.3) is 0 Å². The molecule has 4 heteroatoms. The van der Waals surface area contributed by atoms with Gasteiger partial charge in [-0.05, 0) is 98.8 Å². The summed E-state index contributed by atoms with van der Waals surface area (Å²) in [5.74, 6) is 0.368. The van der Waals surface area contributed by atoms with Gasteiger partial charge in [0.2, 0.25) is 0 Å². The van der Waals surface area contributed by atoms with E-state index in [1.165, 1.54) is 62.8 Å². The van der Waals surface area contributed by atoms with Crippen molar-refractivity contribution in [1.82, 2.24) is 0 Å². The molecule has 0 radical (unpaired) electrons. The van der Waals surface area contributed by atoms with Crippen LogP contribution >= 0.6 is 0 Å². The lowest BCUT2D eigenvalue weighted by Crippen LogP contribution is -2.25. The molecular weight excluding hydrogens is 347 g/mol. The summed E-state index contributed by atoms with van der Waals surface area (Å²) < 4.78 is 39.5. The Morgan fingerprint density at radius 2 is 1.59 bits per heavy atom. The van der Waals surface area contributed by atoms with E-state index in [0.717, 1.165) is 36.7 Å². The maximum absolute atomic E-state index is 13.5. The van der Waals surface area contributed by atoms with Crippen molar-refractivity contribution in [3.8, 4) is 6.07 Å². The second kappa shape index (κ2) is 9.44. The Morgan fingerprint density at radius 1 is 0.963 bits per heavy atom. The molecule has 0 N–H and O–H groups in total. The highest BCUT2D eigenvalue weighted by molar-refractivity contribution is 5.22. The van der Waals surface area contributed by atoms with Crippen LogP contribution in [0.3, 0.4) is 0 Å². The molecule has 0 saturated heterocycles. The topological polar surface area (TPSA) is 23.8 Å². The van der Waals surface area contributed by atoms with E-state index < -0.39 is 17.5 Å². The maximum atomic E-state index is 13.5. The van der Waals surface area contributed by atoms with Crippen molar-refractivity contribution in [2.45, 2.75) is 70.1 Å². The Hall–Kier alpha value is -1.76. The van der Waals surface area contributed by atoms with Gasteiger partial charge in [0.05, 0.1) is 0 Å². The summed E-state index contributed by atoms with van der Waals surface area (Å²) >= 11 is 0. The average molecular weight is 375 g/mol. The van der Waals surface area contributed by atoms with Crippen LogP contribution in [0, 0.1) is 40.7 Å². The fraction of sp³-hybridized carbons (Fsp3) is 0.609. The molecule has 2 aliphatic rings. The molecular formula is C23H28F3N. The first-order valence-electron chi connectivity index (χ1n) is 10.3. The van der Waals surface area contributed by atoms with Crippen LogP contribution in [0.25, 0.3) is 0 Å². The predicted octanol–water partition coefficient (Wildman–Crippen LogP) is 7.20. The van der Waals surface area contributed by atoms with E-state index >= 15 is 0 Å². The first-order chi connectivity index (χ1) is 13.1. The van der Waals surface area contributed by atoms with Crippen molar-refractivity contribution < 1.29 is 13.2 Å². The highest BCUT2D eigenvalue weighted by Gasteiger charge is 2.31. The summed E-state index contributed by atoms with van der Waals surface area (Å²) in [5.41, 5.74) is 0.939. The van der Waals surface area contributed by atoms with Gasteiger partial charge in [0.15, 0.2) is 17.5 Å². The van der Waals surface area contributed by atoms with Crippen molar-refractivity contribution in [2.24, 2.45) is 17.8 Å². The number of rotatable bonds is 5. The second-order valence-corrected chi connectivity index (χ2v) is 8.31. The number of nitriles is 1. The van der Waals surface area contributed by atoms with Gasteiger partial charge in [-0.25, -0.2) is 8.78 Å². The van der Waals surface area contributed by atoms with Crippen molar-refractivity contribution in [2.75, 3.05) is 0 Å². The minimum atomic E-state index is -0.768. The fourth-order valence-electron chi connectivity index (χ4n) is 5.13. The van der Waals surface area contributed by atoms with Gasteiger partial charge in [0.1, 0.15) is 6.07 Å². The molecule has 0 aromatic heterocycles. The number of benzene rings is 1. The van der Waals surface area contributed by atoms with E-state index in [2.05, 4.69) is 0 Å². The maximum Gasteiger partial charge on any atom is 0.196 e. The molecule has 146 valence electrons. The zero-order valence-corrected chi connectivity index (χ0v) is 15.8. The minimum absolute atomic E-state index is 0.356. The predicted molar refractivity (Wildman–Crippen MR) is 101 cm³/mol. The summed E-state index contributed by atoms with van der Waals surface area (Å²) in [5, 5.41) is 8.44. The molecule has 1 aromatic rings. The number of halogens is 3. The van der Waals surface area contributed by atoms with Gasteiger partial charge in [-0.15, -0.1) is 0 Å².